The van der Waals surface area contributed by atoms with Gasteiger partial charge in [0.1, 0.15) is 29.2 Å². The van der Waals surface area contributed by atoms with Gasteiger partial charge in [-0.1, -0.05) is 17.3 Å². The van der Waals surface area contributed by atoms with Gasteiger partial charge >= 0.3 is 12.2 Å². The van der Waals surface area contributed by atoms with Crippen molar-refractivity contribution in [2.45, 2.75) is 44.4 Å². The van der Waals surface area contributed by atoms with Gasteiger partial charge in [-0.3, -0.25) is 4.90 Å². The van der Waals surface area contributed by atoms with Crippen molar-refractivity contribution >= 4 is 17.9 Å². The fourth-order valence-electron chi connectivity index (χ4n) is 6.10. The van der Waals surface area contributed by atoms with E-state index in [1.807, 2.05) is 0 Å². The molecule has 3 fully saturated rings. The number of fused-ring (bicyclic) bond motifs is 1. The highest BCUT2D eigenvalue weighted by Gasteiger charge is 2.71. The van der Waals surface area contributed by atoms with Gasteiger partial charge in [0.05, 0.1) is 42.0 Å². The summed E-state index contributed by atoms with van der Waals surface area (Å²) in [5.41, 5.74) is -2.24. The Morgan fingerprint density at radius 1 is 1.12 bits per heavy atom. The van der Waals surface area contributed by atoms with Gasteiger partial charge in [0.2, 0.25) is 0 Å². The van der Waals surface area contributed by atoms with Crippen LogP contribution in [-0.4, -0.2) is 63.4 Å². The second-order valence-electron chi connectivity index (χ2n) is 11.8. The number of hydrogen-bond acceptors (Lipinski definition) is 7. The first-order chi connectivity index (χ1) is 19.9. The minimum atomic E-state index is -1.14. The van der Waals surface area contributed by atoms with Gasteiger partial charge in [-0.25, -0.2) is 27.4 Å². The first kappa shape index (κ1) is 27.6. The van der Waals surface area contributed by atoms with Crippen LogP contribution >= 0.6 is 0 Å². The second kappa shape index (κ2) is 9.75. The van der Waals surface area contributed by atoms with E-state index in [1.165, 1.54) is 27.9 Å². The number of halogens is 3. The Bertz CT molecular complexity index is 1580. The standard InChI is InChI=1S/C29H27F3N6O4/c1-28(2,3)42-26(39)36-13-20-21(14-36)29(20,15-33)19-5-4-16(8-22(19)30)25-23(31)9-17(10-24(25)32)38-12-18(41-27(38)40)11-37-7-6-34-35-37/h4-10,18,20-21H,11-14H2,1-3H3/t18-,20-,21+,29+/m0/s1. The molecule has 0 spiro atoms. The van der Waals surface area contributed by atoms with Gasteiger partial charge in [-0.15, -0.1) is 5.10 Å². The summed E-state index contributed by atoms with van der Waals surface area (Å²) in [5, 5.41) is 17.6. The lowest BCUT2D eigenvalue weighted by atomic mass is 9.89. The van der Waals surface area contributed by atoms with Crippen molar-refractivity contribution in [2.75, 3.05) is 24.5 Å². The first-order valence-corrected chi connectivity index (χ1v) is 13.4. The number of likely N-dealkylation sites (tertiary alicyclic amines) is 1. The van der Waals surface area contributed by atoms with Crippen LogP contribution in [0.25, 0.3) is 11.1 Å². The molecule has 2 aliphatic heterocycles. The van der Waals surface area contributed by atoms with Crippen molar-refractivity contribution in [3.05, 3.63) is 65.7 Å². The molecule has 2 aromatic carbocycles. The summed E-state index contributed by atoms with van der Waals surface area (Å²) >= 11 is 0. The predicted octanol–water partition coefficient (Wildman–Crippen LogP) is 4.65. The third-order valence-electron chi connectivity index (χ3n) is 8.00. The SMILES string of the molecule is CC(C)(C)OC(=O)N1C[C@@H]2[C@H](C1)[C@@]2(C#N)c1ccc(-c2c(F)cc(N3C[C@H](Cn4ccnn4)OC3=O)cc2F)cc1F. The highest BCUT2D eigenvalue weighted by molar-refractivity contribution is 5.90. The molecule has 218 valence electrons. The summed E-state index contributed by atoms with van der Waals surface area (Å²) in [5.74, 6) is -3.31. The molecule has 2 saturated heterocycles. The van der Waals surface area contributed by atoms with Gasteiger partial charge < -0.3 is 14.4 Å². The zero-order chi connectivity index (χ0) is 30.0. The number of cyclic esters (lactones) is 1. The van der Waals surface area contributed by atoms with Crippen molar-refractivity contribution in [1.29, 1.82) is 5.26 Å². The normalized spacial score (nSPS) is 24.8. The minimum Gasteiger partial charge on any atom is -0.444 e. The Kier molecular flexibility index (Phi) is 6.40. The maximum Gasteiger partial charge on any atom is 0.414 e. The molecule has 3 aromatic rings. The predicted molar refractivity (Wildman–Crippen MR) is 141 cm³/mol. The number of anilines is 1. The molecule has 10 nitrogen and oxygen atoms in total. The Balaban J connectivity index is 1.20. The van der Waals surface area contributed by atoms with Crippen molar-refractivity contribution in [2.24, 2.45) is 11.8 Å². The zero-order valence-electron chi connectivity index (χ0n) is 23.1. The van der Waals surface area contributed by atoms with Crippen molar-refractivity contribution in [1.82, 2.24) is 19.9 Å². The van der Waals surface area contributed by atoms with E-state index in [0.717, 1.165) is 23.1 Å². The zero-order valence-corrected chi connectivity index (χ0v) is 23.1. The molecule has 0 N–H and O–H groups in total. The highest BCUT2D eigenvalue weighted by Crippen LogP contribution is 2.63. The Morgan fingerprint density at radius 3 is 2.38 bits per heavy atom. The van der Waals surface area contributed by atoms with Crippen LogP contribution in [0.3, 0.4) is 0 Å². The fourth-order valence-corrected chi connectivity index (χ4v) is 6.10. The number of carbonyl (C=O) groups is 2. The van der Waals surface area contributed by atoms with E-state index in [4.69, 9.17) is 9.47 Å². The summed E-state index contributed by atoms with van der Waals surface area (Å²) in [7, 11) is 0. The van der Waals surface area contributed by atoms with Crippen LogP contribution in [0.1, 0.15) is 26.3 Å². The number of piperidine rings is 1. The van der Waals surface area contributed by atoms with Crippen molar-refractivity contribution in [3.63, 3.8) is 0 Å². The molecule has 3 heterocycles. The topological polar surface area (TPSA) is 114 Å². The number of benzene rings is 2. The maximum absolute atomic E-state index is 15.5. The first-order valence-electron chi connectivity index (χ1n) is 13.4. The van der Waals surface area contributed by atoms with Crippen LogP contribution in [0.15, 0.2) is 42.7 Å². The number of hydrogen-bond donors (Lipinski definition) is 0. The molecular formula is C29H27F3N6O4. The van der Waals surface area contributed by atoms with Gasteiger partial charge in [0, 0.05) is 36.7 Å². The fraction of sp³-hybridized carbons (Fsp3) is 0.414. The van der Waals surface area contributed by atoms with Gasteiger partial charge in [-0.05, 0) is 44.5 Å². The highest BCUT2D eigenvalue weighted by atomic mass is 19.1. The van der Waals surface area contributed by atoms with Crippen LogP contribution < -0.4 is 4.90 Å². The summed E-state index contributed by atoms with van der Waals surface area (Å²) in [6.07, 6.45) is 1.23. The van der Waals surface area contributed by atoms with Crippen molar-refractivity contribution < 1.29 is 32.2 Å². The molecule has 3 aliphatic rings. The quantitative estimate of drug-likeness (QED) is 0.432. The van der Waals surface area contributed by atoms with E-state index >= 15 is 13.2 Å². The van der Waals surface area contributed by atoms with Crippen LogP contribution in [0.2, 0.25) is 0 Å². The van der Waals surface area contributed by atoms with Crippen molar-refractivity contribution in [3.8, 4) is 17.2 Å². The molecule has 1 saturated carbocycles. The maximum atomic E-state index is 15.5. The lowest BCUT2D eigenvalue weighted by Gasteiger charge is -2.27. The van der Waals surface area contributed by atoms with E-state index in [2.05, 4.69) is 16.4 Å². The average molecular weight is 581 g/mol. The summed E-state index contributed by atoms with van der Waals surface area (Å²) in [6.45, 7) is 6.04. The lowest BCUT2D eigenvalue weighted by molar-refractivity contribution is 0.0265. The number of amides is 2. The average Bonchev–Trinajstić information content (AvgIpc) is 3.41. The van der Waals surface area contributed by atoms with Crippen LogP contribution in [-0.2, 0) is 21.4 Å². The van der Waals surface area contributed by atoms with E-state index < -0.39 is 52.3 Å². The Morgan fingerprint density at radius 2 is 1.81 bits per heavy atom. The molecular weight excluding hydrogens is 553 g/mol. The van der Waals surface area contributed by atoms with Crippen LogP contribution in [0.5, 0.6) is 0 Å². The van der Waals surface area contributed by atoms with E-state index in [1.54, 1.807) is 27.0 Å². The van der Waals surface area contributed by atoms with E-state index in [-0.39, 0.29) is 54.8 Å². The molecule has 13 heteroatoms. The van der Waals surface area contributed by atoms with E-state index in [9.17, 15) is 14.9 Å². The smallest absolute Gasteiger partial charge is 0.414 e. The summed E-state index contributed by atoms with van der Waals surface area (Å²) in [4.78, 5) is 27.5. The number of nitrogens with zero attached hydrogens (tertiary/aromatic N) is 6. The number of rotatable bonds is 5. The van der Waals surface area contributed by atoms with Gasteiger partial charge in [0.25, 0.3) is 0 Å². The number of carbonyl (C=O) groups excluding carboxylic acids is 2. The third kappa shape index (κ3) is 4.60. The molecule has 42 heavy (non-hydrogen) atoms. The molecule has 6 rings (SSSR count). The monoisotopic (exact) mass is 580 g/mol. The van der Waals surface area contributed by atoms with Gasteiger partial charge in [-0.2, -0.15) is 5.26 Å². The summed E-state index contributed by atoms with van der Waals surface area (Å²) in [6, 6.07) is 7.99. The second-order valence-corrected chi connectivity index (χ2v) is 11.8. The number of aromatic nitrogens is 3. The van der Waals surface area contributed by atoms with Gasteiger partial charge in [0.15, 0.2) is 0 Å². The number of nitriles is 1. The Hall–Kier alpha value is -4.60. The molecule has 1 aromatic heterocycles. The lowest BCUT2D eigenvalue weighted by Crippen LogP contribution is -2.39. The van der Waals surface area contributed by atoms with E-state index in [0.29, 0.717) is 0 Å². The Labute approximate surface area is 239 Å². The largest absolute Gasteiger partial charge is 0.444 e. The molecule has 2 amide bonds. The van der Waals surface area contributed by atoms with Crippen LogP contribution in [0.4, 0.5) is 28.4 Å². The van der Waals surface area contributed by atoms with Crippen LogP contribution in [0, 0.1) is 40.6 Å². The molecule has 4 atom stereocenters. The molecule has 0 radical (unpaired) electrons. The minimum absolute atomic E-state index is 0.0410. The summed E-state index contributed by atoms with van der Waals surface area (Å²) < 4.78 is 58.2. The third-order valence-corrected chi connectivity index (χ3v) is 8.00. The molecule has 0 bridgehead atoms. The molecule has 1 aliphatic carbocycles. The number of ether oxygens (including phenoxy) is 2. The molecule has 0 unspecified atom stereocenters.